The zero-order chi connectivity index (χ0) is 21.1. The number of fused-ring (bicyclic) bond motifs is 1. The molecule has 0 fully saturated rings. The Labute approximate surface area is 178 Å². The van der Waals surface area contributed by atoms with Crippen LogP contribution in [0.2, 0.25) is 5.02 Å². The number of rotatable bonds is 4. The van der Waals surface area contributed by atoms with Gasteiger partial charge in [0, 0.05) is 16.2 Å². The van der Waals surface area contributed by atoms with Crippen LogP contribution >= 0.6 is 11.6 Å². The van der Waals surface area contributed by atoms with Crippen molar-refractivity contribution < 1.29 is 4.79 Å². The molecule has 0 radical (unpaired) electrons. The van der Waals surface area contributed by atoms with E-state index in [1.165, 1.54) is 4.68 Å². The number of hydrogen-bond acceptors (Lipinski definition) is 3. The summed E-state index contributed by atoms with van der Waals surface area (Å²) in [6.45, 7) is 1.70. The highest BCUT2D eigenvalue weighted by Crippen LogP contribution is 2.22. The lowest BCUT2D eigenvalue weighted by Crippen LogP contribution is -2.35. The molecule has 1 amide bonds. The van der Waals surface area contributed by atoms with Gasteiger partial charge in [-0.1, -0.05) is 66.2 Å². The lowest BCUT2D eigenvalue weighted by atomic mass is 10.1. The predicted octanol–water partition coefficient (Wildman–Crippen LogP) is 4.89. The van der Waals surface area contributed by atoms with Gasteiger partial charge in [-0.25, -0.2) is 4.98 Å². The largest absolute Gasteiger partial charge is 0.280 e. The van der Waals surface area contributed by atoms with Gasteiger partial charge in [0.1, 0.15) is 0 Å². The van der Waals surface area contributed by atoms with Gasteiger partial charge in [-0.3, -0.25) is 15.0 Å². The quantitative estimate of drug-likeness (QED) is 0.482. The van der Waals surface area contributed by atoms with Crippen LogP contribution in [0, 0.1) is 0 Å². The standard InChI is InChI=1S/C24H18ClN3O2/c1-16(14-17-8-3-2-4-9-17)23(29)27-28-22(18-10-7-11-19(25)15-18)26-21-13-6-5-12-20(21)24(28)30/h2-15H,1H3,(H,27,29)/b16-14-. The molecule has 0 bridgehead atoms. The number of amides is 1. The monoisotopic (exact) mass is 415 g/mol. The van der Waals surface area contributed by atoms with Crippen LogP contribution in [0.3, 0.4) is 0 Å². The maximum atomic E-state index is 13.2. The minimum atomic E-state index is -0.402. The topological polar surface area (TPSA) is 64.0 Å². The molecule has 5 nitrogen and oxygen atoms in total. The fraction of sp³-hybridized carbons (Fsp3) is 0.0417. The third kappa shape index (κ3) is 4.02. The first-order valence-corrected chi connectivity index (χ1v) is 9.73. The smallest absolute Gasteiger partial charge is 0.268 e. The minimum Gasteiger partial charge on any atom is -0.268 e. The van der Waals surface area contributed by atoms with E-state index in [1.807, 2.05) is 36.4 Å². The Bertz CT molecular complexity index is 1330. The van der Waals surface area contributed by atoms with Gasteiger partial charge in [-0.05, 0) is 42.8 Å². The van der Waals surface area contributed by atoms with Crippen LogP contribution in [-0.4, -0.2) is 15.6 Å². The van der Waals surface area contributed by atoms with Crippen LogP contribution in [0.15, 0.2) is 89.2 Å². The molecule has 0 aliphatic carbocycles. The Hall–Kier alpha value is -3.70. The van der Waals surface area contributed by atoms with Crippen LogP contribution < -0.4 is 11.0 Å². The van der Waals surface area contributed by atoms with Gasteiger partial charge in [0.15, 0.2) is 5.82 Å². The zero-order valence-electron chi connectivity index (χ0n) is 16.2. The number of hydrogen-bond donors (Lipinski definition) is 1. The van der Waals surface area contributed by atoms with Gasteiger partial charge in [-0.2, -0.15) is 4.68 Å². The normalized spacial score (nSPS) is 11.5. The summed E-state index contributed by atoms with van der Waals surface area (Å²) in [4.78, 5) is 30.7. The summed E-state index contributed by atoms with van der Waals surface area (Å²) < 4.78 is 1.18. The number of benzene rings is 3. The van der Waals surface area contributed by atoms with Crippen molar-refractivity contribution in [2.24, 2.45) is 0 Å². The highest BCUT2D eigenvalue weighted by atomic mass is 35.5. The molecular formula is C24H18ClN3O2. The molecule has 1 aromatic heterocycles. The fourth-order valence-corrected chi connectivity index (χ4v) is 3.30. The molecular weight excluding hydrogens is 398 g/mol. The number of nitrogens with zero attached hydrogens (tertiary/aromatic N) is 2. The number of aromatic nitrogens is 2. The first kappa shape index (κ1) is 19.6. The van der Waals surface area contributed by atoms with Gasteiger partial charge in [-0.15, -0.1) is 0 Å². The third-order valence-electron chi connectivity index (χ3n) is 4.61. The van der Waals surface area contributed by atoms with Crippen molar-refractivity contribution in [1.29, 1.82) is 0 Å². The van der Waals surface area contributed by atoms with E-state index >= 15 is 0 Å². The van der Waals surface area contributed by atoms with Gasteiger partial charge < -0.3 is 0 Å². The first-order chi connectivity index (χ1) is 14.5. The van der Waals surface area contributed by atoms with Crippen molar-refractivity contribution in [3.8, 4) is 11.4 Å². The van der Waals surface area contributed by atoms with E-state index in [-0.39, 0.29) is 5.56 Å². The van der Waals surface area contributed by atoms with E-state index in [0.717, 1.165) is 5.56 Å². The number of halogens is 1. The predicted molar refractivity (Wildman–Crippen MR) is 121 cm³/mol. The third-order valence-corrected chi connectivity index (χ3v) is 4.85. The van der Waals surface area contributed by atoms with Crippen molar-refractivity contribution in [1.82, 2.24) is 9.66 Å². The zero-order valence-corrected chi connectivity index (χ0v) is 16.9. The van der Waals surface area contributed by atoms with E-state index in [4.69, 9.17) is 11.6 Å². The van der Waals surface area contributed by atoms with Crippen LogP contribution in [0.4, 0.5) is 0 Å². The Morgan fingerprint density at radius 1 is 1.00 bits per heavy atom. The molecule has 0 spiro atoms. The van der Waals surface area contributed by atoms with Crippen LogP contribution in [0.1, 0.15) is 12.5 Å². The first-order valence-electron chi connectivity index (χ1n) is 9.35. The van der Waals surface area contributed by atoms with Crippen molar-refractivity contribution in [2.75, 3.05) is 5.43 Å². The van der Waals surface area contributed by atoms with Gasteiger partial charge in [0.2, 0.25) is 0 Å². The molecule has 4 rings (SSSR count). The number of carbonyl (C=O) groups excluding carboxylic acids is 1. The second-order valence-corrected chi connectivity index (χ2v) is 7.22. The van der Waals surface area contributed by atoms with E-state index in [2.05, 4.69) is 10.4 Å². The summed E-state index contributed by atoms with van der Waals surface area (Å²) in [5.74, 6) is -0.0941. The van der Waals surface area contributed by atoms with Crippen LogP contribution in [0.5, 0.6) is 0 Å². The van der Waals surface area contributed by atoms with Crippen molar-refractivity contribution >= 4 is 34.5 Å². The average molecular weight is 416 g/mol. The molecule has 148 valence electrons. The van der Waals surface area contributed by atoms with Crippen LogP contribution in [0.25, 0.3) is 28.4 Å². The van der Waals surface area contributed by atoms with Gasteiger partial charge in [0.25, 0.3) is 11.5 Å². The molecule has 6 heteroatoms. The van der Waals surface area contributed by atoms with Gasteiger partial charge >= 0.3 is 0 Å². The Morgan fingerprint density at radius 3 is 2.50 bits per heavy atom. The summed E-state index contributed by atoms with van der Waals surface area (Å²) in [5, 5.41) is 0.918. The van der Waals surface area contributed by atoms with E-state index < -0.39 is 5.91 Å². The van der Waals surface area contributed by atoms with Gasteiger partial charge in [0.05, 0.1) is 10.9 Å². The molecule has 1 N–H and O–H groups in total. The summed E-state index contributed by atoms with van der Waals surface area (Å²) in [6, 6.07) is 23.5. The molecule has 0 aliphatic heterocycles. The summed E-state index contributed by atoms with van der Waals surface area (Å²) in [7, 11) is 0. The van der Waals surface area contributed by atoms with E-state index in [1.54, 1.807) is 55.5 Å². The summed E-state index contributed by atoms with van der Waals surface area (Å²) in [6.07, 6.45) is 1.76. The molecule has 0 aliphatic rings. The van der Waals surface area contributed by atoms with Crippen LogP contribution in [-0.2, 0) is 4.79 Å². The molecule has 0 saturated carbocycles. The fourth-order valence-electron chi connectivity index (χ4n) is 3.11. The highest BCUT2D eigenvalue weighted by Gasteiger charge is 2.16. The minimum absolute atomic E-state index is 0.307. The summed E-state index contributed by atoms with van der Waals surface area (Å²) in [5.41, 5.74) is 4.85. The SMILES string of the molecule is C/C(=C/c1ccccc1)C(=O)Nn1c(-c2cccc(Cl)c2)nc2ccccc2c1=O. The molecule has 1 heterocycles. The second-order valence-electron chi connectivity index (χ2n) is 6.78. The molecule has 0 unspecified atom stereocenters. The van der Waals surface area contributed by atoms with Crippen molar-refractivity contribution in [3.05, 3.63) is 105 Å². The van der Waals surface area contributed by atoms with Crippen molar-refractivity contribution in [3.63, 3.8) is 0 Å². The average Bonchev–Trinajstić information content (AvgIpc) is 2.76. The van der Waals surface area contributed by atoms with Crippen molar-refractivity contribution in [2.45, 2.75) is 6.92 Å². The van der Waals surface area contributed by atoms with E-state index in [9.17, 15) is 9.59 Å². The lowest BCUT2D eigenvalue weighted by Gasteiger charge is -2.15. The number of para-hydroxylation sites is 1. The van der Waals surface area contributed by atoms with E-state index in [0.29, 0.717) is 32.9 Å². The Kier molecular flexibility index (Phi) is 5.46. The molecule has 3 aromatic carbocycles. The Morgan fingerprint density at radius 2 is 1.73 bits per heavy atom. The highest BCUT2D eigenvalue weighted by molar-refractivity contribution is 6.30. The summed E-state index contributed by atoms with van der Waals surface area (Å²) >= 11 is 6.14. The molecule has 4 aromatic rings. The number of carbonyl (C=O) groups is 1. The lowest BCUT2D eigenvalue weighted by molar-refractivity contribution is -0.113. The maximum absolute atomic E-state index is 13.2. The Balaban J connectivity index is 1.82. The maximum Gasteiger partial charge on any atom is 0.280 e. The molecule has 0 saturated heterocycles. The molecule has 0 atom stereocenters. The number of nitrogens with one attached hydrogen (secondary N) is 1. The second kappa shape index (κ2) is 8.35. The molecule has 30 heavy (non-hydrogen) atoms.